The zero-order valence-corrected chi connectivity index (χ0v) is 15.5. The number of nitrogens with one attached hydrogen (secondary N) is 3. The number of rotatable bonds is 6. The van der Waals surface area contributed by atoms with Gasteiger partial charge in [-0.05, 0) is 31.9 Å². The molecule has 2 amide bonds. The highest BCUT2D eigenvalue weighted by atomic mass is 32.1. The van der Waals surface area contributed by atoms with Crippen molar-refractivity contribution < 1.29 is 14.0 Å². The first-order chi connectivity index (χ1) is 12.5. The fraction of sp³-hybridized carbons (Fsp3) is 0.389. The molecule has 1 saturated carbocycles. The van der Waals surface area contributed by atoms with E-state index in [1.165, 1.54) is 11.3 Å². The molecule has 136 valence electrons. The zero-order chi connectivity index (χ0) is 18.3. The molecule has 0 bridgehead atoms. The van der Waals surface area contributed by atoms with Gasteiger partial charge in [-0.3, -0.25) is 9.59 Å². The zero-order valence-electron chi connectivity index (χ0n) is 14.6. The summed E-state index contributed by atoms with van der Waals surface area (Å²) in [5.74, 6) is 0.405. The van der Waals surface area contributed by atoms with Gasteiger partial charge in [0.1, 0.15) is 0 Å². The maximum absolute atomic E-state index is 12.5. The van der Waals surface area contributed by atoms with Gasteiger partial charge in [-0.2, -0.15) is 0 Å². The summed E-state index contributed by atoms with van der Waals surface area (Å²) in [5.41, 5.74) is 1.18. The normalized spacial score (nSPS) is 15.2. The van der Waals surface area contributed by atoms with Gasteiger partial charge in [-0.25, -0.2) is 4.98 Å². The van der Waals surface area contributed by atoms with E-state index in [0.29, 0.717) is 29.4 Å². The van der Waals surface area contributed by atoms with E-state index < -0.39 is 0 Å². The third-order valence-electron chi connectivity index (χ3n) is 4.63. The second-order valence-corrected chi connectivity index (χ2v) is 7.74. The average Bonchev–Trinajstić information content (AvgIpc) is 2.97. The van der Waals surface area contributed by atoms with E-state index in [-0.39, 0.29) is 23.1 Å². The maximum atomic E-state index is 12.5. The van der Waals surface area contributed by atoms with Crippen molar-refractivity contribution in [2.24, 2.45) is 0 Å². The Morgan fingerprint density at radius 3 is 2.85 bits per heavy atom. The molecule has 26 heavy (non-hydrogen) atoms. The molecule has 7 nitrogen and oxygen atoms in total. The molecule has 0 radical (unpaired) electrons. The number of hydrogen-bond acceptors (Lipinski definition) is 5. The molecule has 0 aromatic carbocycles. The molecule has 3 N–H and O–H groups in total. The highest BCUT2D eigenvalue weighted by molar-refractivity contribution is 7.20. The van der Waals surface area contributed by atoms with Crippen LogP contribution in [0.3, 0.4) is 0 Å². The number of hydrogen-bond donors (Lipinski definition) is 3. The largest absolute Gasteiger partial charge is 0.435 e. The van der Waals surface area contributed by atoms with Crippen LogP contribution in [0.15, 0.2) is 22.7 Å². The van der Waals surface area contributed by atoms with Gasteiger partial charge in [-0.1, -0.05) is 6.92 Å². The molecule has 0 unspecified atom stereocenters. The molecule has 3 aromatic heterocycles. The predicted octanol–water partition coefficient (Wildman–Crippen LogP) is 2.78. The minimum Gasteiger partial charge on any atom is -0.435 e. The predicted molar refractivity (Wildman–Crippen MR) is 98.6 cm³/mol. The minimum absolute atomic E-state index is 0.101. The minimum atomic E-state index is -0.369. The van der Waals surface area contributed by atoms with Crippen LogP contribution in [0.25, 0.3) is 10.2 Å². The van der Waals surface area contributed by atoms with Crippen molar-refractivity contribution in [1.29, 1.82) is 0 Å². The Bertz CT molecular complexity index is 951. The second-order valence-electron chi connectivity index (χ2n) is 6.66. The van der Waals surface area contributed by atoms with Gasteiger partial charge in [0, 0.05) is 19.2 Å². The van der Waals surface area contributed by atoms with Gasteiger partial charge < -0.3 is 20.0 Å². The van der Waals surface area contributed by atoms with Crippen LogP contribution < -0.4 is 10.6 Å². The standard InChI is InChI=1S/C18H20N4O3S/c1-3-14-21-10(2)15(25-14)17(24)20-9-18(5-6-18)22-16(23)13-8-11-12(26-13)4-7-19-11/h4,7-8,19H,3,5-6,9H2,1-2H3,(H,20,24)(H,22,23). The van der Waals surface area contributed by atoms with E-state index in [1.54, 1.807) is 6.92 Å². The molecule has 0 atom stereocenters. The van der Waals surface area contributed by atoms with Crippen molar-refractivity contribution >= 4 is 33.4 Å². The summed E-state index contributed by atoms with van der Waals surface area (Å²) in [6.07, 6.45) is 4.19. The van der Waals surface area contributed by atoms with Crippen molar-refractivity contribution in [1.82, 2.24) is 20.6 Å². The van der Waals surface area contributed by atoms with Crippen LogP contribution in [0.4, 0.5) is 0 Å². The summed E-state index contributed by atoms with van der Waals surface area (Å²) < 4.78 is 6.53. The van der Waals surface area contributed by atoms with Gasteiger partial charge in [0.25, 0.3) is 11.8 Å². The number of carbonyl (C=O) groups is 2. The van der Waals surface area contributed by atoms with E-state index in [4.69, 9.17) is 4.42 Å². The first-order valence-corrected chi connectivity index (χ1v) is 9.45. The first-order valence-electron chi connectivity index (χ1n) is 8.63. The fourth-order valence-corrected chi connectivity index (χ4v) is 3.83. The summed E-state index contributed by atoms with van der Waals surface area (Å²) in [6, 6.07) is 3.81. The third-order valence-corrected chi connectivity index (χ3v) is 5.73. The Hall–Kier alpha value is -2.61. The summed E-state index contributed by atoms with van der Waals surface area (Å²) in [4.78, 5) is 32.9. The lowest BCUT2D eigenvalue weighted by Crippen LogP contribution is -2.45. The Balaban J connectivity index is 1.38. The molecular weight excluding hydrogens is 352 g/mol. The van der Waals surface area contributed by atoms with E-state index >= 15 is 0 Å². The second kappa shape index (κ2) is 6.28. The van der Waals surface area contributed by atoms with Crippen LogP contribution in [-0.2, 0) is 6.42 Å². The van der Waals surface area contributed by atoms with Crippen LogP contribution in [0.5, 0.6) is 0 Å². The molecular formula is C18H20N4O3S. The van der Waals surface area contributed by atoms with Crippen LogP contribution in [0, 0.1) is 6.92 Å². The molecule has 1 fully saturated rings. The topological polar surface area (TPSA) is 100 Å². The van der Waals surface area contributed by atoms with E-state index in [0.717, 1.165) is 23.1 Å². The quantitative estimate of drug-likeness (QED) is 0.619. The Labute approximate surface area is 154 Å². The molecule has 0 spiro atoms. The van der Waals surface area contributed by atoms with E-state index in [2.05, 4.69) is 20.6 Å². The molecule has 0 aliphatic heterocycles. The van der Waals surface area contributed by atoms with E-state index in [1.807, 2.05) is 25.3 Å². The summed E-state index contributed by atoms with van der Waals surface area (Å²) in [6.45, 7) is 4.06. The van der Waals surface area contributed by atoms with Gasteiger partial charge in [0.15, 0.2) is 5.89 Å². The number of H-pyrrole nitrogens is 1. The van der Waals surface area contributed by atoms with Crippen molar-refractivity contribution in [2.75, 3.05) is 6.54 Å². The van der Waals surface area contributed by atoms with Gasteiger partial charge >= 0.3 is 0 Å². The van der Waals surface area contributed by atoms with Crippen LogP contribution in [0.2, 0.25) is 0 Å². The van der Waals surface area contributed by atoms with Gasteiger partial charge in [-0.15, -0.1) is 11.3 Å². The van der Waals surface area contributed by atoms with Crippen molar-refractivity contribution in [3.63, 3.8) is 0 Å². The number of aryl methyl sites for hydroxylation is 2. The highest BCUT2D eigenvalue weighted by Gasteiger charge is 2.44. The number of aromatic amines is 1. The molecule has 8 heteroatoms. The number of thiophene rings is 1. The fourth-order valence-electron chi connectivity index (χ4n) is 2.90. The number of nitrogens with zero attached hydrogens (tertiary/aromatic N) is 1. The average molecular weight is 372 g/mol. The summed E-state index contributed by atoms with van der Waals surface area (Å²) in [7, 11) is 0. The van der Waals surface area contributed by atoms with Crippen LogP contribution >= 0.6 is 11.3 Å². The van der Waals surface area contributed by atoms with Crippen molar-refractivity contribution in [3.05, 3.63) is 40.6 Å². The highest BCUT2D eigenvalue weighted by Crippen LogP contribution is 2.36. The van der Waals surface area contributed by atoms with Crippen LogP contribution in [0.1, 0.15) is 51.6 Å². The molecule has 0 saturated heterocycles. The SMILES string of the molecule is CCc1nc(C)c(C(=O)NCC2(NC(=O)c3cc4[nH]ccc4s3)CC2)o1. The summed E-state index contributed by atoms with van der Waals surface area (Å²) >= 11 is 1.46. The van der Waals surface area contributed by atoms with Crippen LogP contribution in [-0.4, -0.2) is 33.9 Å². The molecule has 1 aliphatic carbocycles. The Morgan fingerprint density at radius 1 is 1.38 bits per heavy atom. The lowest BCUT2D eigenvalue weighted by Gasteiger charge is -2.17. The number of carbonyl (C=O) groups excluding carboxylic acids is 2. The van der Waals surface area contributed by atoms with Crippen molar-refractivity contribution in [2.45, 2.75) is 38.6 Å². The molecule has 3 aromatic rings. The summed E-state index contributed by atoms with van der Waals surface area (Å²) in [5, 5.41) is 5.94. The number of fused-ring (bicyclic) bond motifs is 1. The first kappa shape index (κ1) is 16.8. The lowest BCUT2D eigenvalue weighted by molar-refractivity contribution is 0.0889. The van der Waals surface area contributed by atoms with Gasteiger partial charge in [0.05, 0.1) is 26.3 Å². The Kier molecular flexibility index (Phi) is 4.07. The Morgan fingerprint density at radius 2 is 2.19 bits per heavy atom. The molecule has 3 heterocycles. The molecule has 4 rings (SSSR count). The number of amides is 2. The van der Waals surface area contributed by atoms with E-state index in [9.17, 15) is 9.59 Å². The van der Waals surface area contributed by atoms with Gasteiger partial charge in [0.2, 0.25) is 5.76 Å². The molecule has 1 aliphatic rings. The maximum Gasteiger partial charge on any atom is 0.289 e. The number of aromatic nitrogens is 2. The smallest absolute Gasteiger partial charge is 0.289 e. The monoisotopic (exact) mass is 372 g/mol. The number of oxazole rings is 1. The lowest BCUT2D eigenvalue weighted by atomic mass is 10.2. The van der Waals surface area contributed by atoms with Crippen molar-refractivity contribution in [3.8, 4) is 0 Å². The third kappa shape index (κ3) is 3.12.